The van der Waals surface area contributed by atoms with Gasteiger partial charge in [0.2, 0.25) is 23.2 Å². The van der Waals surface area contributed by atoms with Crippen molar-refractivity contribution in [1.29, 1.82) is 0 Å². The summed E-state index contributed by atoms with van der Waals surface area (Å²) in [7, 11) is 0. The van der Waals surface area contributed by atoms with Crippen LogP contribution in [0.4, 0.5) is 13.2 Å². The highest BCUT2D eigenvalue weighted by Crippen LogP contribution is 2.52. The number of amides is 3. The predicted molar refractivity (Wildman–Crippen MR) is 128 cm³/mol. The number of hydrogen-bond acceptors (Lipinski definition) is 6. The summed E-state index contributed by atoms with van der Waals surface area (Å²) in [4.78, 5) is 44.6. The highest BCUT2D eigenvalue weighted by Gasteiger charge is 2.65. The molecular formula is C27H29F3N5O4+. The van der Waals surface area contributed by atoms with E-state index < -0.39 is 34.8 Å². The molecule has 206 valence electrons. The molecule has 39 heavy (non-hydrogen) atoms. The first-order chi connectivity index (χ1) is 18.5. The summed E-state index contributed by atoms with van der Waals surface area (Å²) >= 11 is 0. The van der Waals surface area contributed by atoms with Gasteiger partial charge in [-0.3, -0.25) is 29.6 Å². The molecule has 2 unspecified atom stereocenters. The fourth-order valence-corrected chi connectivity index (χ4v) is 6.87. The van der Waals surface area contributed by atoms with Gasteiger partial charge in [-0.1, -0.05) is 13.0 Å². The molecule has 2 fully saturated rings. The molecule has 0 spiro atoms. The number of imide groups is 1. The third kappa shape index (κ3) is 3.95. The van der Waals surface area contributed by atoms with Gasteiger partial charge < -0.3 is 10.0 Å². The summed E-state index contributed by atoms with van der Waals surface area (Å²) in [5, 5.41) is 14.4. The lowest BCUT2D eigenvalue weighted by Crippen LogP contribution is -2.56. The summed E-state index contributed by atoms with van der Waals surface area (Å²) in [6.45, 7) is 4.16. The number of piperidine rings is 2. The first-order valence-corrected chi connectivity index (χ1v) is 13.1. The lowest BCUT2D eigenvalue weighted by Gasteiger charge is -2.46. The van der Waals surface area contributed by atoms with E-state index >= 15 is 0 Å². The van der Waals surface area contributed by atoms with Crippen LogP contribution in [0.1, 0.15) is 65.6 Å². The van der Waals surface area contributed by atoms with Gasteiger partial charge in [0.25, 0.3) is 5.91 Å². The van der Waals surface area contributed by atoms with Crippen LogP contribution in [0.5, 0.6) is 0 Å². The van der Waals surface area contributed by atoms with Crippen molar-refractivity contribution >= 4 is 17.7 Å². The van der Waals surface area contributed by atoms with Gasteiger partial charge in [0.05, 0.1) is 5.41 Å². The molecule has 0 saturated carbocycles. The summed E-state index contributed by atoms with van der Waals surface area (Å²) in [6, 6.07) is 5.23. The molecular weight excluding hydrogens is 515 g/mol. The topological polar surface area (TPSA) is 107 Å². The maximum atomic E-state index is 13.3. The molecule has 0 bridgehead atoms. The van der Waals surface area contributed by atoms with Gasteiger partial charge in [-0.25, -0.2) is 0 Å². The number of rotatable bonds is 4. The molecule has 9 nitrogen and oxygen atoms in total. The minimum atomic E-state index is -4.49. The third-order valence-electron chi connectivity index (χ3n) is 9.01. The van der Waals surface area contributed by atoms with Crippen LogP contribution in [-0.2, 0) is 41.0 Å². The largest absolute Gasteiger partial charge is 0.433 e. The number of fused-ring (bicyclic) bond motifs is 5. The number of alkyl halides is 3. The SMILES string of the molecule is CCC12CN(Cc3ccc(C(F)(F)F)nc3)CC[C@]1(O)c1ccc3c([n+]1C2)CN(C1CCC(=O)NC1=O)C3=O. The monoisotopic (exact) mass is 544 g/mol. The van der Waals surface area contributed by atoms with E-state index in [1.54, 1.807) is 12.1 Å². The summed E-state index contributed by atoms with van der Waals surface area (Å²) in [5.74, 6) is -1.08. The van der Waals surface area contributed by atoms with E-state index in [-0.39, 0.29) is 31.2 Å². The van der Waals surface area contributed by atoms with Crippen LogP contribution < -0.4 is 9.88 Å². The number of carbonyl (C=O) groups is 3. The van der Waals surface area contributed by atoms with E-state index in [1.807, 2.05) is 11.5 Å². The predicted octanol–water partition coefficient (Wildman–Crippen LogP) is 1.65. The fourth-order valence-electron chi connectivity index (χ4n) is 6.87. The fraction of sp³-hybridized carbons (Fsp3) is 0.519. The average molecular weight is 545 g/mol. The summed E-state index contributed by atoms with van der Waals surface area (Å²) in [5.41, 5.74) is -0.0111. The Morgan fingerprint density at radius 1 is 1.21 bits per heavy atom. The van der Waals surface area contributed by atoms with E-state index in [2.05, 4.69) is 15.2 Å². The smallest absolute Gasteiger partial charge is 0.378 e. The number of likely N-dealkylation sites (tertiary alicyclic amines) is 1. The van der Waals surface area contributed by atoms with E-state index in [4.69, 9.17) is 0 Å². The average Bonchev–Trinajstić information content (AvgIpc) is 3.36. The minimum absolute atomic E-state index is 0.171. The highest BCUT2D eigenvalue weighted by molar-refractivity contribution is 6.05. The highest BCUT2D eigenvalue weighted by atomic mass is 19.4. The molecule has 2 aromatic heterocycles. The van der Waals surface area contributed by atoms with Crippen LogP contribution in [0, 0.1) is 5.41 Å². The lowest BCUT2D eigenvalue weighted by molar-refractivity contribution is -0.706. The number of aromatic nitrogens is 2. The molecule has 0 aromatic carbocycles. The molecule has 2 aromatic rings. The van der Waals surface area contributed by atoms with E-state index in [0.29, 0.717) is 50.1 Å². The molecule has 12 heteroatoms. The molecule has 4 aliphatic rings. The van der Waals surface area contributed by atoms with Crippen molar-refractivity contribution in [1.82, 2.24) is 20.1 Å². The molecule has 0 radical (unpaired) electrons. The second-order valence-corrected chi connectivity index (χ2v) is 11.1. The quantitative estimate of drug-likeness (QED) is 0.448. The Labute approximate surface area is 222 Å². The standard InChI is InChI=1S/C27H28F3N5O4/c1-2-25-14-33(12-16-3-6-20(31-11-16)27(28,29)30)10-9-26(25,39)21-7-4-17-19(35(21)15-25)13-34(24(17)38)18-5-8-22(36)32-23(18)37/h3-4,6-7,11,18,39H,2,5,8-10,12-15H2,1H3/p+1/t18?,25?,26-/m0/s1. The van der Waals surface area contributed by atoms with Crippen LogP contribution in [0.3, 0.4) is 0 Å². The number of hydrogen-bond donors (Lipinski definition) is 2. The number of pyridine rings is 2. The zero-order valence-electron chi connectivity index (χ0n) is 21.4. The molecule has 0 aliphatic carbocycles. The van der Waals surface area contributed by atoms with Crippen molar-refractivity contribution in [3.05, 3.63) is 58.7 Å². The van der Waals surface area contributed by atoms with Gasteiger partial charge in [-0.2, -0.15) is 17.7 Å². The maximum Gasteiger partial charge on any atom is 0.433 e. The van der Waals surface area contributed by atoms with E-state index in [0.717, 1.165) is 17.5 Å². The van der Waals surface area contributed by atoms with Crippen molar-refractivity contribution in [2.75, 3.05) is 13.1 Å². The molecule has 6 heterocycles. The third-order valence-corrected chi connectivity index (χ3v) is 9.01. The van der Waals surface area contributed by atoms with Crippen LogP contribution >= 0.6 is 0 Å². The summed E-state index contributed by atoms with van der Waals surface area (Å²) in [6.07, 6.45) is -1.72. The molecule has 3 amide bonds. The van der Waals surface area contributed by atoms with Crippen LogP contribution in [-0.4, -0.2) is 56.7 Å². The first kappa shape index (κ1) is 25.9. The van der Waals surface area contributed by atoms with Gasteiger partial charge in [0.1, 0.15) is 23.8 Å². The normalized spacial score (nSPS) is 28.8. The van der Waals surface area contributed by atoms with Crippen LogP contribution in [0.25, 0.3) is 0 Å². The Kier molecular flexibility index (Phi) is 5.85. The van der Waals surface area contributed by atoms with E-state index in [9.17, 15) is 32.7 Å². The van der Waals surface area contributed by atoms with Crippen molar-refractivity contribution in [3.8, 4) is 0 Å². The molecule has 2 saturated heterocycles. The van der Waals surface area contributed by atoms with Gasteiger partial charge in [0, 0.05) is 38.3 Å². The molecule has 2 N–H and O–H groups in total. The summed E-state index contributed by atoms with van der Waals surface area (Å²) < 4.78 is 40.8. The van der Waals surface area contributed by atoms with Crippen LogP contribution in [0.15, 0.2) is 30.5 Å². The number of aliphatic hydroxyl groups is 1. The van der Waals surface area contributed by atoms with E-state index in [1.165, 1.54) is 17.2 Å². The Morgan fingerprint density at radius 2 is 2.00 bits per heavy atom. The van der Waals surface area contributed by atoms with Gasteiger partial charge in [-0.15, -0.1) is 0 Å². The number of nitrogens with one attached hydrogen (secondary N) is 1. The number of nitrogens with zero attached hydrogens (tertiary/aromatic N) is 4. The van der Waals surface area contributed by atoms with Gasteiger partial charge in [0.15, 0.2) is 12.1 Å². The second kappa shape index (κ2) is 8.82. The minimum Gasteiger partial charge on any atom is -0.378 e. The first-order valence-electron chi connectivity index (χ1n) is 13.1. The van der Waals surface area contributed by atoms with Gasteiger partial charge >= 0.3 is 6.18 Å². The Hall–Kier alpha value is -3.38. The number of carbonyl (C=O) groups excluding carboxylic acids is 3. The molecule has 6 rings (SSSR count). The lowest BCUT2D eigenvalue weighted by atomic mass is 9.66. The Morgan fingerprint density at radius 3 is 2.67 bits per heavy atom. The molecule has 3 atom stereocenters. The van der Waals surface area contributed by atoms with Crippen molar-refractivity contribution in [2.45, 2.75) is 70.1 Å². The second-order valence-electron chi connectivity index (χ2n) is 11.1. The zero-order chi connectivity index (χ0) is 27.7. The zero-order valence-corrected chi connectivity index (χ0v) is 21.4. The Bertz CT molecular complexity index is 1380. The maximum absolute atomic E-state index is 13.3. The van der Waals surface area contributed by atoms with Crippen molar-refractivity contribution < 1.29 is 37.2 Å². The van der Waals surface area contributed by atoms with Crippen molar-refractivity contribution in [3.63, 3.8) is 0 Å². The number of halogens is 3. The van der Waals surface area contributed by atoms with Crippen molar-refractivity contribution in [2.24, 2.45) is 5.41 Å². The van der Waals surface area contributed by atoms with Crippen LogP contribution in [0.2, 0.25) is 0 Å². The Balaban J connectivity index is 1.26. The molecule has 4 aliphatic heterocycles. The van der Waals surface area contributed by atoms with Gasteiger partial charge in [-0.05, 0) is 37.0 Å².